The highest BCUT2D eigenvalue weighted by Gasteiger charge is 2.19. The van der Waals surface area contributed by atoms with Gasteiger partial charge in [0.1, 0.15) is 6.07 Å². The largest absolute Gasteiger partial charge is 0.262 e. The number of hydrogen-bond acceptors (Lipinski definition) is 3. The van der Waals surface area contributed by atoms with Crippen LogP contribution in [0, 0.1) is 11.3 Å². The maximum absolute atomic E-state index is 11.1. The molecule has 0 heterocycles. The summed E-state index contributed by atoms with van der Waals surface area (Å²) in [5.41, 5.74) is 0.738. The lowest BCUT2D eigenvalue weighted by atomic mass is 10.1. The molecule has 0 atom stereocenters. The molecule has 0 bridgehead atoms. The first-order valence-corrected chi connectivity index (χ1v) is 7.27. The van der Waals surface area contributed by atoms with Crippen molar-refractivity contribution in [2.75, 3.05) is 0 Å². The monoisotopic (exact) mass is 327 g/mol. The number of halogens is 3. The first-order valence-electron chi connectivity index (χ1n) is 3.64. The van der Waals surface area contributed by atoms with Gasteiger partial charge in [-0.2, -0.15) is 5.26 Å². The summed E-state index contributed by atoms with van der Waals surface area (Å²) in [5.74, 6) is 0.129. The van der Waals surface area contributed by atoms with E-state index in [2.05, 4.69) is 15.9 Å². The van der Waals surface area contributed by atoms with Crippen molar-refractivity contribution >= 4 is 47.3 Å². The third-order valence-electron chi connectivity index (χ3n) is 1.71. The Morgan fingerprint density at radius 2 is 2.07 bits per heavy atom. The molecule has 80 valence electrons. The topological polar surface area (TPSA) is 57.9 Å². The Morgan fingerprint density at radius 3 is 2.47 bits per heavy atom. The lowest BCUT2D eigenvalue weighted by Crippen LogP contribution is -1.97. The predicted octanol–water partition coefficient (Wildman–Crippen LogP) is 2.99. The van der Waals surface area contributed by atoms with Crippen LogP contribution in [0.25, 0.3) is 0 Å². The molecule has 0 radical (unpaired) electrons. The molecule has 0 aliphatic heterocycles. The minimum atomic E-state index is -3.86. The molecule has 0 fully saturated rings. The highest BCUT2D eigenvalue weighted by atomic mass is 79.9. The van der Waals surface area contributed by atoms with Gasteiger partial charge in [-0.15, -0.1) is 11.6 Å². The average molecular weight is 329 g/mol. The smallest absolute Gasteiger partial charge is 0.207 e. The lowest BCUT2D eigenvalue weighted by molar-refractivity contribution is 0.609. The van der Waals surface area contributed by atoms with Crippen LogP contribution in [0.15, 0.2) is 21.5 Å². The third-order valence-corrected chi connectivity index (χ3v) is 4.45. The average Bonchev–Trinajstić information content (AvgIpc) is 2.15. The number of hydrogen-bond donors (Lipinski definition) is 0. The minimum absolute atomic E-state index is 0.129. The second-order valence-electron chi connectivity index (χ2n) is 2.60. The number of nitriles is 1. The summed E-state index contributed by atoms with van der Waals surface area (Å²) >= 11 is 8.62. The molecule has 15 heavy (non-hydrogen) atoms. The van der Waals surface area contributed by atoms with Gasteiger partial charge >= 0.3 is 0 Å². The molecule has 0 aliphatic carbocycles. The third kappa shape index (κ3) is 2.64. The molecule has 1 rings (SSSR count). The van der Waals surface area contributed by atoms with Gasteiger partial charge in [-0.1, -0.05) is 6.07 Å². The fourth-order valence-corrected chi connectivity index (χ4v) is 3.57. The Labute approximate surface area is 105 Å². The molecule has 1 aromatic rings. The van der Waals surface area contributed by atoms with Gasteiger partial charge in [0, 0.05) is 16.6 Å². The van der Waals surface area contributed by atoms with Crippen LogP contribution in [-0.4, -0.2) is 8.42 Å². The molecule has 0 spiro atoms. The van der Waals surface area contributed by atoms with Gasteiger partial charge < -0.3 is 0 Å². The first kappa shape index (κ1) is 12.8. The van der Waals surface area contributed by atoms with E-state index in [1.165, 1.54) is 12.1 Å². The molecule has 0 saturated carbocycles. The summed E-state index contributed by atoms with van der Waals surface area (Å²) < 4.78 is 22.4. The van der Waals surface area contributed by atoms with Crippen LogP contribution in [0.3, 0.4) is 0 Å². The van der Waals surface area contributed by atoms with Crippen molar-refractivity contribution in [2.24, 2.45) is 0 Å². The molecule has 0 aliphatic rings. The zero-order valence-electron chi connectivity index (χ0n) is 7.17. The maximum atomic E-state index is 11.1. The van der Waals surface area contributed by atoms with Gasteiger partial charge in [0.15, 0.2) is 0 Å². The summed E-state index contributed by atoms with van der Waals surface area (Å²) in [5, 5.41) is 8.84. The molecule has 0 saturated heterocycles. The number of rotatable bonds is 2. The van der Waals surface area contributed by atoms with E-state index in [0.29, 0.717) is 5.56 Å². The van der Waals surface area contributed by atoms with Crippen LogP contribution >= 0.6 is 38.2 Å². The van der Waals surface area contributed by atoms with E-state index in [1.54, 1.807) is 0 Å². The van der Waals surface area contributed by atoms with Crippen molar-refractivity contribution in [3.8, 4) is 6.07 Å². The highest BCUT2D eigenvalue weighted by molar-refractivity contribution is 9.10. The van der Waals surface area contributed by atoms with E-state index in [4.69, 9.17) is 27.5 Å². The van der Waals surface area contributed by atoms with Crippen LogP contribution in [0.4, 0.5) is 0 Å². The summed E-state index contributed by atoms with van der Waals surface area (Å²) in [4.78, 5) is -0.130. The maximum Gasteiger partial charge on any atom is 0.262 e. The minimum Gasteiger partial charge on any atom is -0.207 e. The second kappa shape index (κ2) is 4.71. The van der Waals surface area contributed by atoms with Crippen LogP contribution in [0.2, 0.25) is 0 Å². The standard InChI is InChI=1S/C8H4BrCl2NO2S/c9-8-6(4-12)5(3-10)1-2-7(8)15(11,13)14/h1-2H,3H2. The van der Waals surface area contributed by atoms with Crippen LogP contribution in [-0.2, 0) is 14.9 Å². The van der Waals surface area contributed by atoms with E-state index in [1.807, 2.05) is 6.07 Å². The predicted molar refractivity (Wildman–Crippen MR) is 61.5 cm³/mol. The number of alkyl halides is 1. The molecule has 0 N–H and O–H groups in total. The molecule has 0 amide bonds. The van der Waals surface area contributed by atoms with Crippen LogP contribution in [0.1, 0.15) is 11.1 Å². The number of benzene rings is 1. The molecule has 1 aromatic carbocycles. The lowest BCUT2D eigenvalue weighted by Gasteiger charge is -2.05. The van der Waals surface area contributed by atoms with Gasteiger partial charge in [-0.25, -0.2) is 8.42 Å². The van der Waals surface area contributed by atoms with Crippen molar-refractivity contribution < 1.29 is 8.42 Å². The zero-order valence-corrected chi connectivity index (χ0v) is 11.1. The Balaban J connectivity index is 3.59. The van der Waals surface area contributed by atoms with Crippen molar-refractivity contribution in [3.63, 3.8) is 0 Å². The summed E-state index contributed by atoms with van der Waals surface area (Å²) in [6.07, 6.45) is 0. The molecule has 7 heteroatoms. The van der Waals surface area contributed by atoms with Crippen molar-refractivity contribution in [1.82, 2.24) is 0 Å². The van der Waals surface area contributed by atoms with Gasteiger partial charge in [-0.3, -0.25) is 0 Å². The molecular weight excluding hydrogens is 325 g/mol. The Bertz CT molecular complexity index is 536. The molecular formula is C8H4BrCl2NO2S. The normalized spacial score (nSPS) is 11.1. The van der Waals surface area contributed by atoms with E-state index in [-0.39, 0.29) is 20.8 Å². The molecule has 3 nitrogen and oxygen atoms in total. The Hall–Kier alpha value is -0.280. The summed E-state index contributed by atoms with van der Waals surface area (Å²) in [6.45, 7) is 0. The SMILES string of the molecule is N#Cc1c(CCl)ccc(S(=O)(=O)Cl)c1Br. The van der Waals surface area contributed by atoms with E-state index >= 15 is 0 Å². The van der Waals surface area contributed by atoms with Gasteiger partial charge in [0.25, 0.3) is 9.05 Å². The van der Waals surface area contributed by atoms with Crippen LogP contribution in [0.5, 0.6) is 0 Å². The summed E-state index contributed by atoms with van der Waals surface area (Å²) in [7, 11) is 1.33. The Kier molecular flexibility index (Phi) is 4.01. The van der Waals surface area contributed by atoms with Gasteiger partial charge in [0.05, 0.1) is 14.9 Å². The van der Waals surface area contributed by atoms with E-state index in [0.717, 1.165) is 0 Å². The fraction of sp³-hybridized carbons (Fsp3) is 0.125. The molecule has 0 unspecified atom stereocenters. The quantitative estimate of drug-likeness (QED) is 0.619. The van der Waals surface area contributed by atoms with Crippen molar-refractivity contribution in [3.05, 3.63) is 27.7 Å². The summed E-state index contributed by atoms with van der Waals surface area (Å²) in [6, 6.07) is 4.65. The zero-order chi connectivity index (χ0) is 11.6. The van der Waals surface area contributed by atoms with Crippen LogP contribution < -0.4 is 0 Å². The molecule has 0 aromatic heterocycles. The fourth-order valence-electron chi connectivity index (χ4n) is 1.02. The number of nitrogens with zero attached hydrogens (tertiary/aromatic N) is 1. The van der Waals surface area contributed by atoms with E-state index in [9.17, 15) is 8.42 Å². The first-order chi connectivity index (χ1) is 6.91. The van der Waals surface area contributed by atoms with E-state index < -0.39 is 9.05 Å². The van der Waals surface area contributed by atoms with Crippen molar-refractivity contribution in [2.45, 2.75) is 10.8 Å². The van der Waals surface area contributed by atoms with Crippen molar-refractivity contribution in [1.29, 1.82) is 5.26 Å². The van der Waals surface area contributed by atoms with Gasteiger partial charge in [0.2, 0.25) is 0 Å². The second-order valence-corrected chi connectivity index (χ2v) is 6.19. The van der Waals surface area contributed by atoms with Gasteiger partial charge in [-0.05, 0) is 27.6 Å². The Morgan fingerprint density at radius 1 is 1.47 bits per heavy atom. The highest BCUT2D eigenvalue weighted by Crippen LogP contribution is 2.30.